The molecule has 1 aromatic carbocycles. The number of benzene rings is 1. The standard InChI is InChI=1S/C21H27N3O3/c1-24-10-9-22-21(24)20(16-6-11-26-12-7-16)23-19(25)14-18-17-5-3-2-4-15(17)8-13-27-18/h2-5,9-10,16,18,20H,6-8,11-14H2,1H3,(H,23,25). The second kappa shape index (κ2) is 8.23. The Balaban J connectivity index is 1.48. The van der Waals surface area contributed by atoms with Gasteiger partial charge in [-0.05, 0) is 36.3 Å². The summed E-state index contributed by atoms with van der Waals surface area (Å²) in [6, 6.07) is 8.16. The second-order valence-electron chi connectivity index (χ2n) is 7.40. The first kappa shape index (κ1) is 18.2. The Hall–Kier alpha value is -2.18. The Morgan fingerprint density at radius 2 is 2.11 bits per heavy atom. The minimum Gasteiger partial charge on any atom is -0.381 e. The number of hydrogen-bond acceptors (Lipinski definition) is 4. The molecule has 0 spiro atoms. The molecule has 2 aliphatic heterocycles. The second-order valence-corrected chi connectivity index (χ2v) is 7.40. The number of carbonyl (C=O) groups is 1. The number of aryl methyl sites for hydroxylation is 1. The van der Waals surface area contributed by atoms with E-state index in [1.807, 2.05) is 29.9 Å². The van der Waals surface area contributed by atoms with Gasteiger partial charge >= 0.3 is 0 Å². The highest BCUT2D eigenvalue weighted by molar-refractivity contribution is 5.77. The summed E-state index contributed by atoms with van der Waals surface area (Å²) in [4.78, 5) is 17.4. The summed E-state index contributed by atoms with van der Waals surface area (Å²) in [6.07, 6.45) is 6.64. The summed E-state index contributed by atoms with van der Waals surface area (Å²) in [7, 11) is 1.97. The van der Waals surface area contributed by atoms with Crippen LogP contribution >= 0.6 is 0 Å². The van der Waals surface area contributed by atoms with E-state index in [1.54, 1.807) is 6.20 Å². The fraction of sp³-hybridized carbons (Fsp3) is 0.524. The monoisotopic (exact) mass is 369 g/mol. The number of rotatable bonds is 5. The molecule has 0 radical (unpaired) electrons. The average molecular weight is 369 g/mol. The Bertz CT molecular complexity index is 782. The van der Waals surface area contributed by atoms with Gasteiger partial charge in [0, 0.05) is 32.7 Å². The van der Waals surface area contributed by atoms with Crippen LogP contribution in [0.3, 0.4) is 0 Å². The van der Waals surface area contributed by atoms with E-state index in [2.05, 4.69) is 22.4 Å². The molecule has 27 heavy (non-hydrogen) atoms. The third-order valence-corrected chi connectivity index (χ3v) is 5.65. The minimum absolute atomic E-state index is 0.0104. The third kappa shape index (κ3) is 4.06. The maximum atomic E-state index is 12.9. The molecular weight excluding hydrogens is 342 g/mol. The highest BCUT2D eigenvalue weighted by Gasteiger charge is 2.31. The highest BCUT2D eigenvalue weighted by Crippen LogP contribution is 2.32. The van der Waals surface area contributed by atoms with Crippen LogP contribution in [-0.2, 0) is 27.7 Å². The Labute approximate surface area is 159 Å². The SMILES string of the molecule is Cn1ccnc1C(NC(=O)CC1OCCc2ccccc21)C1CCOCC1. The van der Waals surface area contributed by atoms with E-state index in [9.17, 15) is 4.79 Å². The van der Waals surface area contributed by atoms with Gasteiger partial charge in [-0.3, -0.25) is 4.79 Å². The van der Waals surface area contributed by atoms with E-state index in [4.69, 9.17) is 9.47 Å². The van der Waals surface area contributed by atoms with Crippen LogP contribution < -0.4 is 5.32 Å². The zero-order valence-corrected chi connectivity index (χ0v) is 15.8. The molecule has 0 bridgehead atoms. The molecule has 4 rings (SSSR count). The minimum atomic E-state index is -0.174. The van der Waals surface area contributed by atoms with Crippen molar-refractivity contribution in [3.05, 3.63) is 53.6 Å². The molecular formula is C21H27N3O3. The van der Waals surface area contributed by atoms with Crippen molar-refractivity contribution in [3.8, 4) is 0 Å². The van der Waals surface area contributed by atoms with Crippen molar-refractivity contribution < 1.29 is 14.3 Å². The summed E-state index contributed by atoms with van der Waals surface area (Å²) in [5.41, 5.74) is 2.42. The van der Waals surface area contributed by atoms with Gasteiger partial charge in [-0.15, -0.1) is 0 Å². The normalized spacial score (nSPS) is 21.4. The smallest absolute Gasteiger partial charge is 0.223 e. The number of carbonyl (C=O) groups excluding carboxylic acids is 1. The molecule has 1 aromatic heterocycles. The van der Waals surface area contributed by atoms with Gasteiger partial charge in [0.1, 0.15) is 5.82 Å². The van der Waals surface area contributed by atoms with Crippen molar-refractivity contribution >= 4 is 5.91 Å². The summed E-state index contributed by atoms with van der Waals surface area (Å²) in [6.45, 7) is 2.14. The quantitative estimate of drug-likeness (QED) is 0.880. The van der Waals surface area contributed by atoms with Crippen LogP contribution in [0.4, 0.5) is 0 Å². The number of imidazole rings is 1. The topological polar surface area (TPSA) is 65.4 Å². The summed E-state index contributed by atoms with van der Waals surface area (Å²) in [5, 5.41) is 3.25. The number of amides is 1. The Morgan fingerprint density at radius 3 is 2.89 bits per heavy atom. The number of nitrogens with one attached hydrogen (secondary N) is 1. The molecule has 6 heteroatoms. The molecule has 2 aromatic rings. The molecule has 1 N–H and O–H groups in total. The molecule has 0 saturated carbocycles. The van der Waals surface area contributed by atoms with E-state index in [1.165, 1.54) is 5.56 Å². The molecule has 1 amide bonds. The van der Waals surface area contributed by atoms with Crippen LogP contribution in [0.5, 0.6) is 0 Å². The van der Waals surface area contributed by atoms with Gasteiger partial charge in [0.25, 0.3) is 0 Å². The van der Waals surface area contributed by atoms with Crippen molar-refractivity contribution in [2.24, 2.45) is 13.0 Å². The van der Waals surface area contributed by atoms with Gasteiger partial charge < -0.3 is 19.4 Å². The van der Waals surface area contributed by atoms with Gasteiger partial charge in [0.05, 0.1) is 25.2 Å². The van der Waals surface area contributed by atoms with E-state index >= 15 is 0 Å². The van der Waals surface area contributed by atoms with E-state index in [-0.39, 0.29) is 18.1 Å². The summed E-state index contributed by atoms with van der Waals surface area (Å²) in [5.74, 6) is 1.25. The van der Waals surface area contributed by atoms with Crippen molar-refractivity contribution in [3.63, 3.8) is 0 Å². The van der Waals surface area contributed by atoms with Gasteiger partial charge in [-0.2, -0.15) is 0 Å². The first-order valence-corrected chi connectivity index (χ1v) is 9.76. The molecule has 3 heterocycles. The third-order valence-electron chi connectivity index (χ3n) is 5.65. The zero-order chi connectivity index (χ0) is 18.6. The fourth-order valence-corrected chi connectivity index (χ4v) is 4.17. The van der Waals surface area contributed by atoms with Gasteiger partial charge in [0.15, 0.2) is 0 Å². The van der Waals surface area contributed by atoms with Crippen LogP contribution in [0.2, 0.25) is 0 Å². The fourth-order valence-electron chi connectivity index (χ4n) is 4.17. The van der Waals surface area contributed by atoms with Crippen molar-refractivity contribution in [1.29, 1.82) is 0 Å². The van der Waals surface area contributed by atoms with Crippen LogP contribution in [0, 0.1) is 5.92 Å². The van der Waals surface area contributed by atoms with Crippen LogP contribution in [0.15, 0.2) is 36.7 Å². The van der Waals surface area contributed by atoms with Crippen molar-refractivity contribution in [2.45, 2.75) is 37.8 Å². The lowest BCUT2D eigenvalue weighted by molar-refractivity contribution is -0.126. The maximum Gasteiger partial charge on any atom is 0.223 e. The van der Waals surface area contributed by atoms with Crippen LogP contribution in [0.25, 0.3) is 0 Å². The molecule has 6 nitrogen and oxygen atoms in total. The first-order chi connectivity index (χ1) is 13.2. The van der Waals surface area contributed by atoms with Crippen LogP contribution in [0.1, 0.15) is 48.4 Å². The average Bonchev–Trinajstić information content (AvgIpc) is 3.13. The maximum absolute atomic E-state index is 12.9. The summed E-state index contributed by atoms with van der Waals surface area (Å²) < 4.78 is 13.4. The molecule has 2 aliphatic rings. The Morgan fingerprint density at radius 1 is 1.30 bits per heavy atom. The number of fused-ring (bicyclic) bond motifs is 1. The Kier molecular flexibility index (Phi) is 5.55. The van der Waals surface area contributed by atoms with Gasteiger partial charge in [-0.1, -0.05) is 24.3 Å². The van der Waals surface area contributed by atoms with E-state index in [0.717, 1.165) is 43.9 Å². The lowest BCUT2D eigenvalue weighted by Crippen LogP contribution is -2.38. The highest BCUT2D eigenvalue weighted by atomic mass is 16.5. The lowest BCUT2D eigenvalue weighted by Gasteiger charge is -2.31. The molecule has 2 atom stereocenters. The van der Waals surface area contributed by atoms with E-state index in [0.29, 0.717) is 18.9 Å². The largest absolute Gasteiger partial charge is 0.381 e. The van der Waals surface area contributed by atoms with Crippen LogP contribution in [-0.4, -0.2) is 35.3 Å². The van der Waals surface area contributed by atoms with E-state index < -0.39 is 0 Å². The predicted molar refractivity (Wildman–Crippen MR) is 101 cm³/mol. The lowest BCUT2D eigenvalue weighted by atomic mass is 9.90. The van der Waals surface area contributed by atoms with Gasteiger partial charge in [0.2, 0.25) is 5.91 Å². The molecule has 1 saturated heterocycles. The van der Waals surface area contributed by atoms with Crippen molar-refractivity contribution in [2.75, 3.05) is 19.8 Å². The predicted octanol–water partition coefficient (Wildman–Crippen LogP) is 2.71. The summed E-state index contributed by atoms with van der Waals surface area (Å²) >= 11 is 0. The number of aromatic nitrogens is 2. The number of nitrogens with zero attached hydrogens (tertiary/aromatic N) is 2. The van der Waals surface area contributed by atoms with Gasteiger partial charge in [-0.25, -0.2) is 4.98 Å². The van der Waals surface area contributed by atoms with Crippen molar-refractivity contribution in [1.82, 2.24) is 14.9 Å². The molecule has 2 unspecified atom stereocenters. The molecule has 0 aliphatic carbocycles. The molecule has 1 fully saturated rings. The molecule has 144 valence electrons. The number of hydrogen-bond donors (Lipinski definition) is 1. The first-order valence-electron chi connectivity index (χ1n) is 9.76. The zero-order valence-electron chi connectivity index (χ0n) is 15.8. The number of ether oxygens (including phenoxy) is 2.